The van der Waals surface area contributed by atoms with Crippen LogP contribution in [0.5, 0.6) is 11.5 Å². The van der Waals surface area contributed by atoms with Crippen LogP contribution in [-0.4, -0.2) is 50.5 Å². The molecule has 0 unspecified atom stereocenters. The molecule has 2 heterocycles. The summed E-state index contributed by atoms with van der Waals surface area (Å²) in [6.45, 7) is 1.02. The number of carboxylic acids is 1. The molecule has 0 fully saturated rings. The van der Waals surface area contributed by atoms with Crippen LogP contribution in [0.2, 0.25) is 5.02 Å². The number of anilines is 2. The average molecular weight is 537 g/mol. The highest BCUT2D eigenvalue weighted by Crippen LogP contribution is 2.37. The topological polar surface area (TPSA) is 119 Å². The Kier molecular flexibility index (Phi) is 7.81. The summed E-state index contributed by atoms with van der Waals surface area (Å²) in [6, 6.07) is 8.54. The van der Waals surface area contributed by atoms with Crippen LogP contribution in [0.3, 0.4) is 0 Å². The monoisotopic (exact) mass is 536 g/mol. The van der Waals surface area contributed by atoms with E-state index in [1.54, 1.807) is 6.07 Å². The van der Waals surface area contributed by atoms with Gasteiger partial charge < -0.3 is 29.6 Å². The summed E-state index contributed by atoms with van der Waals surface area (Å²) in [5, 5.41) is 21.2. The van der Waals surface area contributed by atoms with Gasteiger partial charge in [-0.05, 0) is 42.5 Å². The van der Waals surface area contributed by atoms with E-state index in [-0.39, 0.29) is 29.7 Å². The molecule has 3 N–H and O–H groups in total. The summed E-state index contributed by atoms with van der Waals surface area (Å²) >= 11 is 6.33. The van der Waals surface area contributed by atoms with E-state index in [0.29, 0.717) is 47.8 Å². The first-order valence-electron chi connectivity index (χ1n) is 10.8. The van der Waals surface area contributed by atoms with Crippen molar-refractivity contribution in [3.05, 3.63) is 71.1 Å². The van der Waals surface area contributed by atoms with Gasteiger partial charge in [-0.2, -0.15) is 13.2 Å². The highest BCUT2D eigenvalue weighted by molar-refractivity contribution is 6.32. The van der Waals surface area contributed by atoms with Gasteiger partial charge in [-0.1, -0.05) is 11.6 Å². The second-order valence-corrected chi connectivity index (χ2v) is 8.13. The van der Waals surface area contributed by atoms with Crippen molar-refractivity contribution in [1.29, 1.82) is 0 Å². The average Bonchev–Trinajstić information content (AvgIpc) is 3.27. The number of carbonyl (C=O) groups is 1. The predicted molar refractivity (Wildman–Crippen MR) is 129 cm³/mol. The van der Waals surface area contributed by atoms with Crippen molar-refractivity contribution in [3.8, 4) is 11.5 Å². The first-order valence-corrected chi connectivity index (χ1v) is 11.2. The van der Waals surface area contributed by atoms with Gasteiger partial charge in [-0.25, -0.2) is 14.8 Å². The molecule has 0 aliphatic rings. The van der Waals surface area contributed by atoms with Gasteiger partial charge in [0.2, 0.25) is 0 Å². The van der Waals surface area contributed by atoms with E-state index in [0.717, 1.165) is 6.07 Å². The first kappa shape index (κ1) is 26.2. The van der Waals surface area contributed by atoms with E-state index >= 15 is 0 Å². The van der Waals surface area contributed by atoms with Gasteiger partial charge >= 0.3 is 12.1 Å². The number of nitrogens with one attached hydrogen (secondary N) is 1. The molecule has 9 nitrogen and oxygen atoms in total. The Bertz CT molecular complexity index is 1430. The summed E-state index contributed by atoms with van der Waals surface area (Å²) in [5.41, 5.74) is 0.171. The van der Waals surface area contributed by atoms with E-state index in [4.69, 9.17) is 31.3 Å². The van der Waals surface area contributed by atoms with Crippen LogP contribution in [-0.2, 0) is 17.5 Å². The smallest absolute Gasteiger partial charge is 0.416 e. The fraction of sp³-hybridized carbons (Fsp3) is 0.208. The number of halogens is 4. The molecule has 2 aromatic carbocycles. The van der Waals surface area contributed by atoms with Crippen molar-refractivity contribution in [2.24, 2.45) is 0 Å². The molecule has 0 bridgehead atoms. The van der Waals surface area contributed by atoms with Crippen molar-refractivity contribution in [3.63, 3.8) is 0 Å². The third-order valence-electron chi connectivity index (χ3n) is 5.17. The largest absolute Gasteiger partial charge is 0.478 e. The maximum absolute atomic E-state index is 13.2. The van der Waals surface area contributed by atoms with Crippen LogP contribution in [0.25, 0.3) is 11.0 Å². The van der Waals surface area contributed by atoms with Gasteiger partial charge in [-0.3, -0.25) is 0 Å². The molecule has 194 valence electrons. The van der Waals surface area contributed by atoms with Crippen molar-refractivity contribution in [1.82, 2.24) is 14.5 Å². The minimum absolute atomic E-state index is 0.0279. The fourth-order valence-electron chi connectivity index (χ4n) is 3.51. The summed E-state index contributed by atoms with van der Waals surface area (Å²) in [6.07, 6.45) is -1.53. The van der Waals surface area contributed by atoms with Crippen LogP contribution < -0.4 is 10.1 Å². The standard InChI is InChI=1S/C24H20ClF3N4O5/c25-18-12-16(31-22-21-19(29-13-30-22)3-4-32(21)5-7-36-8-6-33)1-2-20(18)37-17-10-14(23(34)35)9-15(11-17)24(26,27)28/h1-4,9-13,33H,5-8H2,(H,34,35)(H,29,30,31). The number of carboxylic acid groups (broad SMARTS) is 1. The number of aromatic nitrogens is 3. The Balaban J connectivity index is 1.56. The normalized spacial score (nSPS) is 11.6. The Hall–Kier alpha value is -3.87. The third kappa shape index (κ3) is 6.28. The molecule has 4 rings (SSSR count). The number of nitrogens with zero attached hydrogens (tertiary/aromatic N) is 3. The highest BCUT2D eigenvalue weighted by Gasteiger charge is 2.32. The van der Waals surface area contributed by atoms with Gasteiger partial charge in [0.05, 0.1) is 41.5 Å². The number of hydrogen-bond acceptors (Lipinski definition) is 7. The van der Waals surface area contributed by atoms with Gasteiger partial charge in [0.25, 0.3) is 0 Å². The van der Waals surface area contributed by atoms with Crippen molar-refractivity contribution in [2.45, 2.75) is 12.7 Å². The molecule has 0 aliphatic carbocycles. The molecule has 13 heteroatoms. The van der Waals surface area contributed by atoms with E-state index in [9.17, 15) is 18.0 Å². The second kappa shape index (κ2) is 11.0. The summed E-state index contributed by atoms with van der Waals surface area (Å²) in [7, 11) is 0. The van der Waals surface area contributed by atoms with E-state index in [2.05, 4.69) is 15.3 Å². The number of rotatable bonds is 10. The lowest BCUT2D eigenvalue weighted by molar-refractivity contribution is -0.137. The van der Waals surface area contributed by atoms with E-state index in [1.165, 1.54) is 18.5 Å². The maximum atomic E-state index is 13.2. The van der Waals surface area contributed by atoms with Crippen LogP contribution in [0, 0.1) is 0 Å². The SMILES string of the molecule is O=C(O)c1cc(Oc2ccc(Nc3ncnc4ccn(CCOCCO)c34)cc2Cl)cc(C(F)(F)F)c1. The highest BCUT2D eigenvalue weighted by atomic mass is 35.5. The van der Waals surface area contributed by atoms with Crippen molar-refractivity contribution < 1.29 is 37.7 Å². The van der Waals surface area contributed by atoms with Gasteiger partial charge in [0, 0.05) is 18.4 Å². The Morgan fingerprint density at radius 2 is 1.92 bits per heavy atom. The zero-order valence-electron chi connectivity index (χ0n) is 19.0. The lowest BCUT2D eigenvalue weighted by Crippen LogP contribution is -2.09. The van der Waals surface area contributed by atoms with Crippen molar-refractivity contribution >= 4 is 40.1 Å². The molecule has 0 radical (unpaired) electrons. The third-order valence-corrected chi connectivity index (χ3v) is 5.46. The van der Waals surface area contributed by atoms with Crippen molar-refractivity contribution in [2.75, 3.05) is 25.1 Å². The number of benzene rings is 2. The number of aliphatic hydroxyl groups excluding tert-OH is 1. The number of alkyl halides is 3. The molecule has 0 aliphatic heterocycles. The molecule has 2 aromatic heterocycles. The van der Waals surface area contributed by atoms with Crippen LogP contribution >= 0.6 is 11.6 Å². The molecule has 0 spiro atoms. The van der Waals surface area contributed by atoms with Crippen LogP contribution in [0.1, 0.15) is 15.9 Å². The lowest BCUT2D eigenvalue weighted by atomic mass is 10.1. The van der Waals surface area contributed by atoms with Gasteiger partial charge in [0.15, 0.2) is 5.82 Å². The Labute approximate surface area is 213 Å². The summed E-state index contributed by atoms with van der Waals surface area (Å²) in [5.74, 6) is -1.35. The second-order valence-electron chi connectivity index (χ2n) is 7.72. The number of hydrogen-bond donors (Lipinski definition) is 3. The lowest BCUT2D eigenvalue weighted by Gasteiger charge is -2.14. The predicted octanol–water partition coefficient (Wildman–Crippen LogP) is 5.35. The molecule has 0 saturated carbocycles. The van der Waals surface area contributed by atoms with E-state index in [1.807, 2.05) is 16.8 Å². The van der Waals surface area contributed by atoms with Gasteiger partial charge in [-0.15, -0.1) is 0 Å². The number of ether oxygens (including phenoxy) is 2. The zero-order chi connectivity index (χ0) is 26.6. The van der Waals surface area contributed by atoms with Crippen LogP contribution in [0.15, 0.2) is 55.0 Å². The van der Waals surface area contributed by atoms with Gasteiger partial charge in [0.1, 0.15) is 23.3 Å². The molecule has 0 amide bonds. The molecule has 0 atom stereocenters. The number of fused-ring (bicyclic) bond motifs is 1. The molecule has 37 heavy (non-hydrogen) atoms. The zero-order valence-corrected chi connectivity index (χ0v) is 19.8. The quantitative estimate of drug-likeness (QED) is 0.232. The Morgan fingerprint density at radius 1 is 1.11 bits per heavy atom. The maximum Gasteiger partial charge on any atom is 0.416 e. The summed E-state index contributed by atoms with van der Waals surface area (Å²) < 4.78 is 52.3. The van der Waals surface area contributed by atoms with E-state index < -0.39 is 23.3 Å². The minimum atomic E-state index is -4.76. The Morgan fingerprint density at radius 3 is 2.62 bits per heavy atom. The number of aliphatic hydroxyl groups is 1. The number of aromatic carboxylic acids is 1. The van der Waals surface area contributed by atoms with Crippen LogP contribution in [0.4, 0.5) is 24.7 Å². The molecular formula is C24H20ClF3N4O5. The molecular weight excluding hydrogens is 517 g/mol. The molecule has 4 aromatic rings. The fourth-order valence-corrected chi connectivity index (χ4v) is 3.73. The first-order chi connectivity index (χ1) is 17.7. The molecule has 0 saturated heterocycles. The minimum Gasteiger partial charge on any atom is -0.478 e. The summed E-state index contributed by atoms with van der Waals surface area (Å²) in [4.78, 5) is 19.8.